The Bertz CT molecular complexity index is 376. The number of ether oxygens (including phenoxy) is 1. The third-order valence-corrected chi connectivity index (χ3v) is 3.12. The van der Waals surface area contributed by atoms with Crippen LogP contribution < -0.4 is 15.4 Å². The Morgan fingerprint density at radius 2 is 2.12 bits per heavy atom. The summed E-state index contributed by atoms with van der Waals surface area (Å²) >= 11 is 0. The molecule has 0 amide bonds. The zero-order chi connectivity index (χ0) is 12.3. The third kappa shape index (κ3) is 2.88. The van der Waals surface area contributed by atoms with Gasteiger partial charge in [0, 0.05) is 30.9 Å². The topological polar surface area (TPSA) is 38.5 Å². The second-order valence-electron chi connectivity index (χ2n) is 4.37. The minimum atomic E-state index is -0.292. The lowest BCUT2D eigenvalue weighted by molar-refractivity contribution is 0.321. The molecule has 1 aromatic rings. The van der Waals surface area contributed by atoms with Crippen LogP contribution in [0.2, 0.25) is 0 Å². The van der Waals surface area contributed by atoms with Crippen LogP contribution in [0.25, 0.3) is 0 Å². The van der Waals surface area contributed by atoms with Crippen molar-refractivity contribution in [2.45, 2.75) is 25.8 Å². The lowest BCUT2D eigenvalue weighted by Crippen LogP contribution is -2.39. The van der Waals surface area contributed by atoms with Crippen molar-refractivity contribution in [1.82, 2.24) is 0 Å². The van der Waals surface area contributed by atoms with E-state index in [0.29, 0.717) is 18.4 Å². The lowest BCUT2D eigenvalue weighted by atomic mass is 10.1. The van der Waals surface area contributed by atoms with Crippen LogP contribution in [-0.4, -0.2) is 25.7 Å². The Morgan fingerprint density at radius 1 is 1.41 bits per heavy atom. The molecule has 0 radical (unpaired) electrons. The smallest absolute Gasteiger partial charge is 0.167 e. The Kier molecular flexibility index (Phi) is 3.84. The van der Waals surface area contributed by atoms with Crippen LogP contribution in [0.3, 0.4) is 0 Å². The van der Waals surface area contributed by atoms with Gasteiger partial charge in [-0.05, 0) is 31.9 Å². The van der Waals surface area contributed by atoms with Crippen LogP contribution in [0.5, 0.6) is 5.75 Å². The number of anilines is 1. The first-order valence-corrected chi connectivity index (χ1v) is 6.13. The molecule has 94 valence electrons. The van der Waals surface area contributed by atoms with Crippen molar-refractivity contribution < 1.29 is 9.13 Å². The van der Waals surface area contributed by atoms with Gasteiger partial charge in [-0.3, -0.25) is 0 Å². The van der Waals surface area contributed by atoms with E-state index in [1.165, 1.54) is 0 Å². The molecule has 17 heavy (non-hydrogen) atoms. The molecule has 2 N–H and O–H groups in total. The average molecular weight is 238 g/mol. The number of hydrogen-bond acceptors (Lipinski definition) is 3. The van der Waals surface area contributed by atoms with Crippen LogP contribution in [-0.2, 0) is 0 Å². The van der Waals surface area contributed by atoms with Gasteiger partial charge in [-0.1, -0.05) is 0 Å². The minimum Gasteiger partial charge on any atom is -0.491 e. The number of piperidine rings is 1. The maximum Gasteiger partial charge on any atom is 0.167 e. The molecule has 1 aromatic carbocycles. The van der Waals surface area contributed by atoms with Gasteiger partial charge in [0.25, 0.3) is 0 Å². The summed E-state index contributed by atoms with van der Waals surface area (Å²) in [5, 5.41) is 0. The van der Waals surface area contributed by atoms with Crippen molar-refractivity contribution in [3.05, 3.63) is 24.0 Å². The second kappa shape index (κ2) is 5.36. The third-order valence-electron chi connectivity index (χ3n) is 3.12. The normalized spacial score (nSPS) is 17.2. The molecule has 0 aliphatic carbocycles. The Labute approximate surface area is 101 Å². The number of nitrogens with zero attached hydrogens (tertiary/aromatic N) is 1. The molecule has 1 heterocycles. The molecule has 1 saturated heterocycles. The van der Waals surface area contributed by atoms with Crippen molar-refractivity contribution in [2.75, 3.05) is 24.6 Å². The van der Waals surface area contributed by atoms with E-state index in [2.05, 4.69) is 4.90 Å². The number of rotatable bonds is 3. The molecular weight excluding hydrogens is 219 g/mol. The van der Waals surface area contributed by atoms with Gasteiger partial charge in [-0.15, -0.1) is 0 Å². The van der Waals surface area contributed by atoms with Gasteiger partial charge in [0.2, 0.25) is 0 Å². The summed E-state index contributed by atoms with van der Waals surface area (Å²) in [5.74, 6) is 0.0317. The molecule has 2 rings (SSSR count). The molecule has 1 aliphatic rings. The Morgan fingerprint density at radius 3 is 2.71 bits per heavy atom. The van der Waals surface area contributed by atoms with E-state index in [9.17, 15) is 4.39 Å². The first-order chi connectivity index (χ1) is 8.20. The van der Waals surface area contributed by atoms with Gasteiger partial charge in [-0.2, -0.15) is 0 Å². The number of halogens is 1. The molecule has 1 fully saturated rings. The minimum absolute atomic E-state index is 0.291. The highest BCUT2D eigenvalue weighted by molar-refractivity contribution is 5.50. The van der Waals surface area contributed by atoms with E-state index in [0.717, 1.165) is 31.6 Å². The molecule has 4 heteroatoms. The molecule has 0 saturated carbocycles. The summed E-state index contributed by atoms with van der Waals surface area (Å²) in [7, 11) is 0. The maximum atomic E-state index is 13.7. The largest absolute Gasteiger partial charge is 0.491 e. The molecule has 0 aromatic heterocycles. The summed E-state index contributed by atoms with van der Waals surface area (Å²) in [4.78, 5) is 2.17. The van der Waals surface area contributed by atoms with Crippen LogP contribution in [0.1, 0.15) is 19.8 Å². The van der Waals surface area contributed by atoms with E-state index in [4.69, 9.17) is 10.5 Å². The highest BCUT2D eigenvalue weighted by atomic mass is 19.1. The van der Waals surface area contributed by atoms with E-state index in [1.54, 1.807) is 12.1 Å². The average Bonchev–Trinajstić information content (AvgIpc) is 2.33. The summed E-state index contributed by atoms with van der Waals surface area (Å²) in [6.07, 6.45) is 1.93. The quantitative estimate of drug-likeness (QED) is 0.877. The summed E-state index contributed by atoms with van der Waals surface area (Å²) in [6, 6.07) is 5.44. The van der Waals surface area contributed by atoms with Crippen molar-refractivity contribution >= 4 is 5.69 Å². The van der Waals surface area contributed by atoms with Crippen molar-refractivity contribution in [2.24, 2.45) is 5.73 Å². The van der Waals surface area contributed by atoms with Crippen LogP contribution >= 0.6 is 0 Å². The van der Waals surface area contributed by atoms with E-state index < -0.39 is 0 Å². The number of benzene rings is 1. The molecule has 3 nitrogen and oxygen atoms in total. The van der Waals surface area contributed by atoms with Gasteiger partial charge in [0.1, 0.15) is 0 Å². The second-order valence-corrected chi connectivity index (χ2v) is 4.37. The molecular formula is C13H19FN2O. The van der Waals surface area contributed by atoms with Gasteiger partial charge in [0.15, 0.2) is 11.6 Å². The highest BCUT2D eigenvalue weighted by Gasteiger charge is 2.17. The van der Waals surface area contributed by atoms with E-state index in [-0.39, 0.29) is 5.82 Å². The number of hydrogen-bond donors (Lipinski definition) is 1. The zero-order valence-corrected chi connectivity index (χ0v) is 10.2. The molecule has 0 atom stereocenters. The maximum absolute atomic E-state index is 13.7. The fourth-order valence-corrected chi connectivity index (χ4v) is 2.12. The van der Waals surface area contributed by atoms with Crippen molar-refractivity contribution in [1.29, 1.82) is 0 Å². The van der Waals surface area contributed by atoms with Crippen LogP contribution in [0.15, 0.2) is 18.2 Å². The molecule has 0 bridgehead atoms. The predicted molar refractivity (Wildman–Crippen MR) is 67.0 cm³/mol. The lowest BCUT2D eigenvalue weighted by Gasteiger charge is -2.32. The summed E-state index contributed by atoms with van der Waals surface area (Å²) in [5.41, 5.74) is 6.76. The van der Waals surface area contributed by atoms with Crippen LogP contribution in [0.4, 0.5) is 10.1 Å². The highest BCUT2D eigenvalue weighted by Crippen LogP contribution is 2.25. The van der Waals surface area contributed by atoms with E-state index >= 15 is 0 Å². The fourth-order valence-electron chi connectivity index (χ4n) is 2.12. The zero-order valence-electron chi connectivity index (χ0n) is 10.2. The summed E-state index contributed by atoms with van der Waals surface area (Å²) < 4.78 is 18.9. The Balaban J connectivity index is 2.09. The first kappa shape index (κ1) is 12.2. The molecule has 0 spiro atoms. The SMILES string of the molecule is CCOc1ccc(N2CCC(N)CC2)cc1F. The predicted octanol–water partition coefficient (Wildman–Crippen LogP) is 2.15. The summed E-state index contributed by atoms with van der Waals surface area (Å²) in [6.45, 7) is 4.12. The van der Waals surface area contributed by atoms with Gasteiger partial charge in [0.05, 0.1) is 6.61 Å². The van der Waals surface area contributed by atoms with Crippen molar-refractivity contribution in [3.8, 4) is 5.75 Å². The standard InChI is InChI=1S/C13H19FN2O/c1-2-17-13-4-3-11(9-12(13)14)16-7-5-10(15)6-8-16/h3-4,9-10H,2,5-8,15H2,1H3. The van der Waals surface area contributed by atoms with E-state index in [1.807, 2.05) is 13.0 Å². The fraction of sp³-hybridized carbons (Fsp3) is 0.538. The van der Waals surface area contributed by atoms with Gasteiger partial charge in [-0.25, -0.2) is 4.39 Å². The Hall–Kier alpha value is -1.29. The number of nitrogens with two attached hydrogens (primary N) is 1. The van der Waals surface area contributed by atoms with Gasteiger partial charge >= 0.3 is 0 Å². The van der Waals surface area contributed by atoms with Crippen molar-refractivity contribution in [3.63, 3.8) is 0 Å². The van der Waals surface area contributed by atoms with Gasteiger partial charge < -0.3 is 15.4 Å². The van der Waals surface area contributed by atoms with Crippen LogP contribution in [0, 0.1) is 5.82 Å². The monoisotopic (exact) mass is 238 g/mol. The molecule has 1 aliphatic heterocycles. The molecule has 0 unspecified atom stereocenters. The first-order valence-electron chi connectivity index (χ1n) is 6.13.